The predicted octanol–water partition coefficient (Wildman–Crippen LogP) is 2.84. The van der Waals surface area contributed by atoms with Gasteiger partial charge in [-0.1, -0.05) is 25.7 Å². The molecule has 2 aromatic heterocycles. The normalized spacial score (nSPS) is 15.3. The molecule has 0 saturated heterocycles. The lowest BCUT2D eigenvalue weighted by molar-refractivity contribution is -0.118. The van der Waals surface area contributed by atoms with E-state index >= 15 is 0 Å². The van der Waals surface area contributed by atoms with Crippen LogP contribution in [-0.4, -0.2) is 40.2 Å². The molecule has 0 radical (unpaired) electrons. The summed E-state index contributed by atoms with van der Waals surface area (Å²) in [4.78, 5) is 29.0. The SMILES string of the molecule is Cl.O=C(CSCc1cc(=O)n2ccsc2n1)NCCNC1CCCCCC1. The number of thioether (sulfide) groups is 1. The Morgan fingerprint density at radius 2 is 2.04 bits per heavy atom. The van der Waals surface area contributed by atoms with E-state index in [4.69, 9.17) is 0 Å². The van der Waals surface area contributed by atoms with Crippen LogP contribution in [0.2, 0.25) is 0 Å². The number of thiazole rings is 1. The summed E-state index contributed by atoms with van der Waals surface area (Å²) in [6.07, 6.45) is 9.57. The van der Waals surface area contributed by atoms with E-state index in [1.165, 1.54) is 66.0 Å². The fraction of sp³-hybridized carbons (Fsp3) is 0.611. The summed E-state index contributed by atoms with van der Waals surface area (Å²) in [7, 11) is 0. The predicted molar refractivity (Wildman–Crippen MR) is 115 cm³/mol. The fourth-order valence-corrected chi connectivity index (χ4v) is 4.71. The molecule has 0 bridgehead atoms. The van der Waals surface area contributed by atoms with Gasteiger partial charge in [0, 0.05) is 42.5 Å². The Kier molecular flexibility index (Phi) is 9.61. The van der Waals surface area contributed by atoms with Gasteiger partial charge in [0.2, 0.25) is 5.91 Å². The summed E-state index contributed by atoms with van der Waals surface area (Å²) in [5, 5.41) is 8.35. The molecule has 1 fully saturated rings. The van der Waals surface area contributed by atoms with E-state index < -0.39 is 0 Å². The maximum Gasteiger partial charge on any atom is 0.258 e. The second-order valence-corrected chi connectivity index (χ2v) is 8.49. The first-order valence-electron chi connectivity index (χ1n) is 9.26. The van der Waals surface area contributed by atoms with E-state index in [1.807, 2.05) is 5.38 Å². The summed E-state index contributed by atoms with van der Waals surface area (Å²) < 4.78 is 1.53. The third kappa shape index (κ3) is 7.10. The van der Waals surface area contributed by atoms with E-state index in [2.05, 4.69) is 15.6 Å². The number of nitrogens with one attached hydrogen (secondary N) is 2. The van der Waals surface area contributed by atoms with E-state index in [-0.39, 0.29) is 23.9 Å². The third-order valence-electron chi connectivity index (χ3n) is 4.57. The van der Waals surface area contributed by atoms with Gasteiger partial charge in [-0.3, -0.25) is 14.0 Å². The van der Waals surface area contributed by atoms with Crippen LogP contribution in [-0.2, 0) is 10.5 Å². The minimum Gasteiger partial charge on any atom is -0.354 e. The Balaban J connectivity index is 0.00000261. The molecule has 150 valence electrons. The number of aromatic nitrogens is 2. The van der Waals surface area contributed by atoms with Crippen LogP contribution in [0.1, 0.15) is 44.2 Å². The zero-order valence-corrected chi connectivity index (χ0v) is 17.8. The van der Waals surface area contributed by atoms with E-state index in [0.717, 1.165) is 12.2 Å². The van der Waals surface area contributed by atoms with Crippen molar-refractivity contribution < 1.29 is 4.79 Å². The number of rotatable bonds is 8. The number of carbonyl (C=O) groups excluding carboxylic acids is 1. The third-order valence-corrected chi connectivity index (χ3v) is 6.30. The maximum absolute atomic E-state index is 11.9. The van der Waals surface area contributed by atoms with Crippen LogP contribution in [0.15, 0.2) is 22.4 Å². The zero-order valence-electron chi connectivity index (χ0n) is 15.3. The first kappa shape index (κ1) is 22.2. The largest absolute Gasteiger partial charge is 0.354 e. The van der Waals surface area contributed by atoms with Gasteiger partial charge in [-0.15, -0.1) is 35.5 Å². The van der Waals surface area contributed by atoms with Crippen LogP contribution in [0, 0.1) is 0 Å². The van der Waals surface area contributed by atoms with Crippen molar-refractivity contribution in [1.29, 1.82) is 0 Å². The van der Waals surface area contributed by atoms with Crippen molar-refractivity contribution in [3.63, 3.8) is 0 Å². The van der Waals surface area contributed by atoms with Crippen LogP contribution in [0.25, 0.3) is 4.96 Å². The van der Waals surface area contributed by atoms with Crippen LogP contribution < -0.4 is 16.2 Å². The molecule has 2 aromatic rings. The second kappa shape index (κ2) is 11.7. The van der Waals surface area contributed by atoms with Gasteiger partial charge in [0.25, 0.3) is 5.56 Å². The summed E-state index contributed by atoms with van der Waals surface area (Å²) in [5.74, 6) is 0.985. The first-order valence-corrected chi connectivity index (χ1v) is 11.3. The average Bonchev–Trinajstić information content (AvgIpc) is 2.95. The molecule has 0 aromatic carbocycles. The molecule has 1 aliphatic rings. The van der Waals surface area contributed by atoms with Crippen LogP contribution >= 0.6 is 35.5 Å². The van der Waals surface area contributed by atoms with Gasteiger partial charge in [-0.2, -0.15) is 0 Å². The van der Waals surface area contributed by atoms with E-state index in [1.54, 1.807) is 12.3 Å². The molecular formula is C18H27ClN4O2S2. The highest BCUT2D eigenvalue weighted by atomic mass is 35.5. The van der Waals surface area contributed by atoms with Gasteiger partial charge >= 0.3 is 0 Å². The van der Waals surface area contributed by atoms with Gasteiger partial charge in [-0.25, -0.2) is 4.98 Å². The number of hydrogen-bond donors (Lipinski definition) is 2. The molecule has 2 N–H and O–H groups in total. The lowest BCUT2D eigenvalue weighted by Gasteiger charge is -2.16. The van der Waals surface area contributed by atoms with Gasteiger partial charge in [0.1, 0.15) is 0 Å². The van der Waals surface area contributed by atoms with Gasteiger partial charge in [-0.05, 0) is 12.8 Å². The summed E-state index contributed by atoms with van der Waals surface area (Å²) >= 11 is 2.92. The lowest BCUT2D eigenvalue weighted by atomic mass is 10.1. The van der Waals surface area contributed by atoms with Crippen molar-refractivity contribution in [2.75, 3.05) is 18.8 Å². The standard InChI is InChI=1S/C18H26N4O2S2.ClH/c23-16(20-8-7-19-14-5-3-1-2-4-6-14)13-25-12-15-11-17(24)22-9-10-26-18(22)21-15;/h9-11,14,19H,1-8,12-13H2,(H,20,23);1H. The molecular weight excluding hydrogens is 404 g/mol. The van der Waals surface area contributed by atoms with Gasteiger partial charge in [0.15, 0.2) is 4.96 Å². The van der Waals surface area contributed by atoms with Crippen LogP contribution in [0.4, 0.5) is 0 Å². The highest BCUT2D eigenvalue weighted by Gasteiger charge is 2.11. The summed E-state index contributed by atoms with van der Waals surface area (Å²) in [6, 6.07) is 2.16. The first-order chi connectivity index (χ1) is 12.7. The zero-order chi connectivity index (χ0) is 18.2. The summed E-state index contributed by atoms with van der Waals surface area (Å²) in [5.41, 5.74) is 0.658. The average molecular weight is 431 g/mol. The number of nitrogens with zero attached hydrogens (tertiary/aromatic N) is 2. The Labute approximate surface area is 173 Å². The minimum absolute atomic E-state index is 0. The molecule has 0 atom stereocenters. The molecule has 1 saturated carbocycles. The molecule has 27 heavy (non-hydrogen) atoms. The quantitative estimate of drug-likeness (QED) is 0.497. The number of fused-ring (bicyclic) bond motifs is 1. The smallest absolute Gasteiger partial charge is 0.258 e. The Morgan fingerprint density at radius 3 is 2.81 bits per heavy atom. The van der Waals surface area contributed by atoms with E-state index in [0.29, 0.717) is 29.1 Å². The molecule has 1 amide bonds. The molecule has 0 spiro atoms. The fourth-order valence-electron chi connectivity index (χ4n) is 3.22. The molecule has 0 unspecified atom stereocenters. The summed E-state index contributed by atoms with van der Waals surface area (Å²) in [6.45, 7) is 1.49. The van der Waals surface area contributed by atoms with Gasteiger partial charge < -0.3 is 10.6 Å². The number of carbonyl (C=O) groups is 1. The number of halogens is 1. The molecule has 0 aliphatic heterocycles. The molecule has 1 aliphatic carbocycles. The maximum atomic E-state index is 11.9. The Bertz CT molecular complexity index is 772. The van der Waals surface area contributed by atoms with Crippen molar-refractivity contribution in [1.82, 2.24) is 20.0 Å². The molecule has 6 nitrogen and oxygen atoms in total. The van der Waals surface area contributed by atoms with Crippen LogP contribution in [0.3, 0.4) is 0 Å². The Hall–Kier alpha value is -1.09. The highest BCUT2D eigenvalue weighted by molar-refractivity contribution is 7.99. The van der Waals surface area contributed by atoms with Crippen molar-refractivity contribution in [2.45, 2.75) is 50.3 Å². The second-order valence-electron chi connectivity index (χ2n) is 6.63. The number of hydrogen-bond acceptors (Lipinski definition) is 6. The highest BCUT2D eigenvalue weighted by Crippen LogP contribution is 2.17. The topological polar surface area (TPSA) is 75.5 Å². The monoisotopic (exact) mass is 430 g/mol. The van der Waals surface area contributed by atoms with Crippen molar-refractivity contribution in [3.05, 3.63) is 33.7 Å². The van der Waals surface area contributed by atoms with Crippen molar-refractivity contribution in [2.24, 2.45) is 0 Å². The number of amides is 1. The lowest BCUT2D eigenvalue weighted by Crippen LogP contribution is -2.37. The van der Waals surface area contributed by atoms with Gasteiger partial charge in [0.05, 0.1) is 11.4 Å². The van der Waals surface area contributed by atoms with Crippen LogP contribution in [0.5, 0.6) is 0 Å². The molecule has 3 rings (SSSR count). The van der Waals surface area contributed by atoms with Crippen molar-refractivity contribution >= 4 is 46.4 Å². The Morgan fingerprint density at radius 1 is 1.26 bits per heavy atom. The molecule has 2 heterocycles. The molecule has 9 heteroatoms. The van der Waals surface area contributed by atoms with E-state index in [9.17, 15) is 9.59 Å². The minimum atomic E-state index is -0.0686. The van der Waals surface area contributed by atoms with Crippen molar-refractivity contribution in [3.8, 4) is 0 Å².